The lowest BCUT2D eigenvalue weighted by Crippen LogP contribution is -2.42. The molecule has 0 spiro atoms. The van der Waals surface area contributed by atoms with Gasteiger partial charge in [-0.05, 0) is 24.3 Å². The fourth-order valence-corrected chi connectivity index (χ4v) is 3.09. The van der Waals surface area contributed by atoms with Gasteiger partial charge in [0.1, 0.15) is 6.61 Å². The van der Waals surface area contributed by atoms with E-state index >= 15 is 0 Å². The summed E-state index contributed by atoms with van der Waals surface area (Å²) in [5.41, 5.74) is 0.515. The van der Waals surface area contributed by atoms with Crippen molar-refractivity contribution in [3.05, 3.63) is 57.3 Å². The Labute approximate surface area is 178 Å². The highest BCUT2D eigenvalue weighted by Gasteiger charge is 2.09. The molecule has 7 nitrogen and oxygen atoms in total. The molecule has 0 aliphatic rings. The zero-order chi connectivity index (χ0) is 20.4. The van der Waals surface area contributed by atoms with Gasteiger partial charge in [0.2, 0.25) is 0 Å². The van der Waals surface area contributed by atoms with Gasteiger partial charge in [0.05, 0.1) is 22.2 Å². The number of pyridine rings is 1. The number of hydrogen-bond acceptors (Lipinski definition) is 4. The van der Waals surface area contributed by atoms with Crippen LogP contribution in [0.15, 0.2) is 41.7 Å². The number of rotatable bonds is 8. The molecule has 3 N–H and O–H groups in total. The van der Waals surface area contributed by atoms with E-state index < -0.39 is 0 Å². The Morgan fingerprint density at radius 3 is 2.43 bits per heavy atom. The van der Waals surface area contributed by atoms with Crippen LogP contribution in [0.2, 0.25) is 15.1 Å². The first-order chi connectivity index (χ1) is 13.5. The van der Waals surface area contributed by atoms with Crippen molar-refractivity contribution < 1.29 is 9.53 Å². The minimum Gasteiger partial charge on any atom is -0.489 e. The van der Waals surface area contributed by atoms with Gasteiger partial charge >= 0.3 is 0 Å². The molecule has 0 saturated carbocycles. The molecule has 0 atom stereocenters. The number of carbonyl (C=O) groups is 1. The Morgan fingerprint density at radius 1 is 1.11 bits per heavy atom. The van der Waals surface area contributed by atoms with Crippen molar-refractivity contribution in [2.45, 2.75) is 0 Å². The number of nitrogens with zero attached hydrogens (tertiary/aromatic N) is 2. The Bertz CT molecular complexity index is 795. The van der Waals surface area contributed by atoms with Crippen molar-refractivity contribution in [3.8, 4) is 5.75 Å². The van der Waals surface area contributed by atoms with Crippen molar-refractivity contribution >= 4 is 46.7 Å². The predicted molar refractivity (Wildman–Crippen MR) is 113 cm³/mol. The van der Waals surface area contributed by atoms with Crippen molar-refractivity contribution in [2.24, 2.45) is 4.99 Å². The zero-order valence-electron chi connectivity index (χ0n) is 15.1. The Kier molecular flexibility index (Phi) is 9.13. The number of nitrogens with one attached hydrogen (secondary N) is 3. The number of hydrogen-bond donors (Lipinski definition) is 3. The molecule has 1 aromatic carbocycles. The van der Waals surface area contributed by atoms with Crippen LogP contribution >= 0.6 is 34.8 Å². The Balaban J connectivity index is 1.66. The molecule has 1 heterocycles. The quantitative estimate of drug-likeness (QED) is 0.331. The first kappa shape index (κ1) is 22.1. The molecule has 0 unspecified atom stereocenters. The number of aromatic nitrogens is 1. The summed E-state index contributed by atoms with van der Waals surface area (Å²) in [7, 11) is 1.65. The van der Waals surface area contributed by atoms with Crippen molar-refractivity contribution in [2.75, 3.05) is 33.3 Å². The predicted octanol–water partition coefficient (Wildman–Crippen LogP) is 3.02. The summed E-state index contributed by atoms with van der Waals surface area (Å²) in [6.45, 7) is 1.72. The van der Waals surface area contributed by atoms with E-state index in [0.29, 0.717) is 58.6 Å². The van der Waals surface area contributed by atoms with E-state index in [0.717, 1.165) is 0 Å². The van der Waals surface area contributed by atoms with Crippen molar-refractivity contribution in [1.29, 1.82) is 0 Å². The third-order valence-corrected chi connectivity index (χ3v) is 4.23. The van der Waals surface area contributed by atoms with E-state index in [2.05, 4.69) is 25.9 Å². The molecule has 0 saturated heterocycles. The highest BCUT2D eigenvalue weighted by Crippen LogP contribution is 2.35. The van der Waals surface area contributed by atoms with Gasteiger partial charge in [0, 0.05) is 37.6 Å². The average Bonchev–Trinajstić information content (AvgIpc) is 2.68. The number of carbonyl (C=O) groups excluding carboxylic acids is 1. The van der Waals surface area contributed by atoms with Gasteiger partial charge in [-0.25, -0.2) is 0 Å². The van der Waals surface area contributed by atoms with Crippen LogP contribution in [0, 0.1) is 0 Å². The molecule has 28 heavy (non-hydrogen) atoms. The van der Waals surface area contributed by atoms with Crippen LogP contribution in [-0.4, -0.2) is 50.1 Å². The van der Waals surface area contributed by atoms with E-state index in [4.69, 9.17) is 39.5 Å². The molecule has 1 aromatic heterocycles. The van der Waals surface area contributed by atoms with Gasteiger partial charge in [-0.15, -0.1) is 0 Å². The number of benzene rings is 1. The molecule has 0 bridgehead atoms. The molecule has 0 fully saturated rings. The monoisotopic (exact) mass is 443 g/mol. The summed E-state index contributed by atoms with van der Waals surface area (Å²) in [6.07, 6.45) is 3.13. The molecule has 2 aromatic rings. The first-order valence-corrected chi connectivity index (χ1v) is 9.54. The summed E-state index contributed by atoms with van der Waals surface area (Å²) in [4.78, 5) is 19.9. The van der Waals surface area contributed by atoms with Crippen molar-refractivity contribution in [1.82, 2.24) is 20.9 Å². The number of halogens is 3. The average molecular weight is 445 g/mol. The third-order valence-electron chi connectivity index (χ3n) is 3.45. The summed E-state index contributed by atoms with van der Waals surface area (Å²) < 4.78 is 5.59. The highest BCUT2D eigenvalue weighted by molar-refractivity contribution is 6.40. The molecular formula is C18H20Cl3N5O2. The van der Waals surface area contributed by atoms with Gasteiger partial charge in [-0.1, -0.05) is 34.8 Å². The molecule has 0 aliphatic carbocycles. The maximum atomic E-state index is 11.9. The van der Waals surface area contributed by atoms with Gasteiger partial charge in [0.25, 0.3) is 5.91 Å². The summed E-state index contributed by atoms with van der Waals surface area (Å²) in [5, 5.41) is 10.1. The largest absolute Gasteiger partial charge is 0.489 e. The Hall–Kier alpha value is -2.22. The molecule has 2 rings (SSSR count). The van der Waals surface area contributed by atoms with Gasteiger partial charge in [-0.3, -0.25) is 14.8 Å². The summed E-state index contributed by atoms with van der Waals surface area (Å²) in [5.74, 6) is 0.783. The number of ether oxygens (including phenoxy) is 1. The molecule has 0 radical (unpaired) electrons. The smallest absolute Gasteiger partial charge is 0.252 e. The second-order valence-electron chi connectivity index (χ2n) is 5.47. The standard InChI is InChI=1S/C18H20Cl3N5O2/c1-22-18(25-6-5-24-17(27)12-3-2-4-23-11-12)26-7-8-28-16-14(20)9-13(19)10-15(16)21/h2-4,9-11H,5-8H2,1H3,(H,24,27)(H2,22,25,26). The van der Waals surface area contributed by atoms with E-state index in [-0.39, 0.29) is 5.91 Å². The molecule has 150 valence electrons. The SMILES string of the molecule is CN=C(NCCNC(=O)c1cccnc1)NCCOc1c(Cl)cc(Cl)cc1Cl. The molecule has 0 aliphatic heterocycles. The molecule has 10 heteroatoms. The van der Waals surface area contributed by atoms with Crippen LogP contribution < -0.4 is 20.7 Å². The lowest BCUT2D eigenvalue weighted by molar-refractivity contribution is 0.0954. The Morgan fingerprint density at radius 2 is 1.79 bits per heavy atom. The van der Waals surface area contributed by atoms with Crippen LogP contribution in [0.25, 0.3) is 0 Å². The second kappa shape index (κ2) is 11.6. The lowest BCUT2D eigenvalue weighted by Gasteiger charge is -2.14. The third kappa shape index (κ3) is 7.07. The van der Waals surface area contributed by atoms with Gasteiger partial charge in [-0.2, -0.15) is 0 Å². The zero-order valence-corrected chi connectivity index (χ0v) is 17.4. The van der Waals surface area contributed by atoms with Crippen LogP contribution in [0.5, 0.6) is 5.75 Å². The number of amides is 1. The lowest BCUT2D eigenvalue weighted by atomic mass is 10.3. The highest BCUT2D eigenvalue weighted by atomic mass is 35.5. The second-order valence-corrected chi connectivity index (χ2v) is 6.72. The minimum atomic E-state index is -0.178. The first-order valence-electron chi connectivity index (χ1n) is 8.41. The number of guanidine groups is 1. The minimum absolute atomic E-state index is 0.178. The fourth-order valence-electron chi connectivity index (χ4n) is 2.17. The number of aliphatic imine (C=N–C) groups is 1. The normalized spacial score (nSPS) is 11.1. The summed E-state index contributed by atoms with van der Waals surface area (Å²) in [6, 6.07) is 6.55. The fraction of sp³-hybridized carbons (Fsp3) is 0.278. The summed E-state index contributed by atoms with van der Waals surface area (Å²) >= 11 is 18.0. The van der Waals surface area contributed by atoms with Crippen LogP contribution in [0.3, 0.4) is 0 Å². The van der Waals surface area contributed by atoms with Crippen LogP contribution in [-0.2, 0) is 0 Å². The van der Waals surface area contributed by atoms with Crippen molar-refractivity contribution in [3.63, 3.8) is 0 Å². The van der Waals surface area contributed by atoms with Crippen LogP contribution in [0.1, 0.15) is 10.4 Å². The maximum absolute atomic E-state index is 11.9. The van der Waals surface area contributed by atoms with Crippen LogP contribution in [0.4, 0.5) is 0 Å². The molecule has 1 amide bonds. The van der Waals surface area contributed by atoms with E-state index in [1.807, 2.05) is 0 Å². The topological polar surface area (TPSA) is 87.6 Å². The van der Waals surface area contributed by atoms with E-state index in [1.165, 1.54) is 6.20 Å². The van der Waals surface area contributed by atoms with Gasteiger partial charge < -0.3 is 20.7 Å². The van der Waals surface area contributed by atoms with E-state index in [9.17, 15) is 4.79 Å². The van der Waals surface area contributed by atoms with Gasteiger partial charge in [0.15, 0.2) is 11.7 Å². The molecular weight excluding hydrogens is 425 g/mol. The maximum Gasteiger partial charge on any atom is 0.252 e. The van der Waals surface area contributed by atoms with E-state index in [1.54, 1.807) is 37.5 Å².